The van der Waals surface area contributed by atoms with Gasteiger partial charge in [0.15, 0.2) is 6.61 Å². The zero-order valence-corrected chi connectivity index (χ0v) is 18.1. The van der Waals surface area contributed by atoms with Gasteiger partial charge < -0.3 is 20.5 Å². The molecule has 3 aromatic rings. The van der Waals surface area contributed by atoms with Gasteiger partial charge in [0.05, 0.1) is 17.7 Å². The van der Waals surface area contributed by atoms with E-state index in [1.807, 2.05) is 30.3 Å². The van der Waals surface area contributed by atoms with E-state index in [-0.39, 0.29) is 23.4 Å². The van der Waals surface area contributed by atoms with E-state index in [1.165, 1.54) is 29.5 Å². The van der Waals surface area contributed by atoms with Gasteiger partial charge in [0.1, 0.15) is 5.00 Å². The number of thiophene rings is 1. The van der Waals surface area contributed by atoms with Crippen molar-refractivity contribution in [2.75, 3.05) is 24.3 Å². The molecule has 0 saturated carbocycles. The molecule has 0 aliphatic heterocycles. The number of hydrogen-bond donors (Lipinski definition) is 2. The summed E-state index contributed by atoms with van der Waals surface area (Å²) in [4.78, 5) is 37.7. The van der Waals surface area contributed by atoms with E-state index in [2.05, 4.69) is 5.32 Å². The first-order chi connectivity index (χ1) is 14.9. The number of benzene rings is 2. The van der Waals surface area contributed by atoms with E-state index in [1.54, 1.807) is 13.0 Å². The van der Waals surface area contributed by atoms with Crippen LogP contribution in [0.4, 0.5) is 10.7 Å². The van der Waals surface area contributed by atoms with Crippen LogP contribution in [0.15, 0.2) is 54.6 Å². The Labute approximate surface area is 187 Å². The van der Waals surface area contributed by atoms with Gasteiger partial charge in [-0.2, -0.15) is 0 Å². The second kappa shape index (κ2) is 10.1. The SMILES string of the molecule is CCOC(=O)c1cc(-c2ccccc2)sc1NC(=O)COC(=O)c1ccc(Cl)cc1N. The topological polar surface area (TPSA) is 108 Å². The van der Waals surface area contributed by atoms with Crippen molar-refractivity contribution in [3.8, 4) is 10.4 Å². The molecular formula is C22H19ClN2O5S. The average molecular weight is 459 g/mol. The normalized spacial score (nSPS) is 10.4. The van der Waals surface area contributed by atoms with Gasteiger partial charge in [-0.3, -0.25) is 4.79 Å². The lowest BCUT2D eigenvalue weighted by atomic mass is 10.1. The minimum absolute atomic E-state index is 0.104. The summed E-state index contributed by atoms with van der Waals surface area (Å²) in [6.07, 6.45) is 0. The van der Waals surface area contributed by atoms with Crippen LogP contribution in [0.5, 0.6) is 0 Å². The van der Waals surface area contributed by atoms with Crippen molar-refractivity contribution in [3.05, 3.63) is 70.7 Å². The zero-order valence-electron chi connectivity index (χ0n) is 16.5. The summed E-state index contributed by atoms with van der Waals surface area (Å²) in [5, 5.41) is 3.31. The van der Waals surface area contributed by atoms with Gasteiger partial charge in [0, 0.05) is 15.6 Å². The highest BCUT2D eigenvalue weighted by atomic mass is 35.5. The van der Waals surface area contributed by atoms with Crippen molar-refractivity contribution in [1.29, 1.82) is 0 Å². The van der Waals surface area contributed by atoms with Crippen LogP contribution in [0.1, 0.15) is 27.6 Å². The molecule has 160 valence electrons. The lowest BCUT2D eigenvalue weighted by Gasteiger charge is -2.08. The monoisotopic (exact) mass is 458 g/mol. The lowest BCUT2D eigenvalue weighted by Crippen LogP contribution is -2.22. The molecule has 31 heavy (non-hydrogen) atoms. The van der Waals surface area contributed by atoms with E-state index >= 15 is 0 Å². The minimum atomic E-state index is -0.758. The number of halogens is 1. The standard InChI is InChI=1S/C22H19ClN2O5S/c1-2-29-22(28)16-11-18(13-6-4-3-5-7-13)31-20(16)25-19(26)12-30-21(27)15-9-8-14(23)10-17(15)24/h3-11H,2,12,24H2,1H3,(H,25,26). The number of nitrogens with two attached hydrogens (primary N) is 1. The quantitative estimate of drug-likeness (QED) is 0.395. The fourth-order valence-corrected chi connectivity index (χ4v) is 3.93. The molecule has 1 aromatic heterocycles. The zero-order chi connectivity index (χ0) is 22.4. The Balaban J connectivity index is 1.73. The maximum atomic E-state index is 12.4. The molecule has 7 nitrogen and oxygen atoms in total. The summed E-state index contributed by atoms with van der Waals surface area (Å²) in [7, 11) is 0. The van der Waals surface area contributed by atoms with Crippen LogP contribution in [0.25, 0.3) is 10.4 Å². The van der Waals surface area contributed by atoms with Gasteiger partial charge in [0.25, 0.3) is 5.91 Å². The summed E-state index contributed by atoms with van der Waals surface area (Å²) in [6, 6.07) is 15.4. The van der Waals surface area contributed by atoms with Gasteiger partial charge in [-0.25, -0.2) is 9.59 Å². The third-order valence-electron chi connectivity index (χ3n) is 4.11. The van der Waals surface area contributed by atoms with Crippen LogP contribution in [0, 0.1) is 0 Å². The Hall–Kier alpha value is -3.36. The van der Waals surface area contributed by atoms with Gasteiger partial charge in [-0.1, -0.05) is 41.9 Å². The van der Waals surface area contributed by atoms with Gasteiger partial charge in [-0.15, -0.1) is 11.3 Å². The molecule has 0 saturated heterocycles. The molecule has 0 unspecified atom stereocenters. The Morgan fingerprint density at radius 3 is 2.39 bits per heavy atom. The molecule has 0 atom stereocenters. The van der Waals surface area contributed by atoms with Crippen LogP contribution >= 0.6 is 22.9 Å². The number of carbonyl (C=O) groups is 3. The van der Waals surface area contributed by atoms with Crippen LogP contribution in [-0.2, 0) is 14.3 Å². The maximum absolute atomic E-state index is 12.4. The lowest BCUT2D eigenvalue weighted by molar-refractivity contribution is -0.119. The van der Waals surface area contributed by atoms with Crippen molar-refractivity contribution in [2.45, 2.75) is 6.92 Å². The van der Waals surface area contributed by atoms with E-state index < -0.39 is 24.5 Å². The molecule has 0 aliphatic rings. The number of ether oxygens (including phenoxy) is 2. The van der Waals surface area contributed by atoms with E-state index in [9.17, 15) is 14.4 Å². The van der Waals surface area contributed by atoms with Crippen molar-refractivity contribution in [3.63, 3.8) is 0 Å². The second-order valence-corrected chi connectivity index (χ2v) is 7.78. The van der Waals surface area contributed by atoms with Crippen LogP contribution in [-0.4, -0.2) is 31.1 Å². The number of hydrogen-bond acceptors (Lipinski definition) is 7. The minimum Gasteiger partial charge on any atom is -0.462 e. The number of nitrogen functional groups attached to an aromatic ring is 1. The van der Waals surface area contributed by atoms with Crippen LogP contribution in [0.3, 0.4) is 0 Å². The molecule has 9 heteroatoms. The highest BCUT2D eigenvalue weighted by molar-refractivity contribution is 7.20. The maximum Gasteiger partial charge on any atom is 0.341 e. The Kier molecular flexibility index (Phi) is 7.28. The number of nitrogens with one attached hydrogen (secondary N) is 1. The summed E-state index contributed by atoms with van der Waals surface area (Å²) in [5.74, 6) is -1.92. The van der Waals surface area contributed by atoms with E-state index in [0.29, 0.717) is 10.0 Å². The fourth-order valence-electron chi connectivity index (χ4n) is 2.68. The number of rotatable bonds is 7. The molecule has 0 fully saturated rings. The summed E-state index contributed by atoms with van der Waals surface area (Å²) >= 11 is 7.04. The summed E-state index contributed by atoms with van der Waals surface area (Å²) in [6.45, 7) is 1.34. The van der Waals surface area contributed by atoms with Crippen molar-refractivity contribution < 1.29 is 23.9 Å². The molecule has 0 radical (unpaired) electrons. The molecule has 3 rings (SSSR count). The number of amides is 1. The van der Waals surface area contributed by atoms with E-state index in [0.717, 1.165) is 10.4 Å². The Bertz CT molecular complexity index is 1110. The smallest absolute Gasteiger partial charge is 0.341 e. The fraction of sp³-hybridized carbons (Fsp3) is 0.136. The predicted molar refractivity (Wildman–Crippen MR) is 120 cm³/mol. The Morgan fingerprint density at radius 2 is 1.71 bits per heavy atom. The first-order valence-corrected chi connectivity index (χ1v) is 10.5. The molecule has 0 spiro atoms. The molecule has 3 N–H and O–H groups in total. The average Bonchev–Trinajstić information content (AvgIpc) is 3.16. The largest absolute Gasteiger partial charge is 0.462 e. The van der Waals surface area contributed by atoms with Crippen molar-refractivity contribution in [2.24, 2.45) is 0 Å². The first-order valence-electron chi connectivity index (χ1n) is 9.27. The van der Waals surface area contributed by atoms with Crippen LogP contribution in [0.2, 0.25) is 5.02 Å². The van der Waals surface area contributed by atoms with Crippen LogP contribution < -0.4 is 11.1 Å². The molecule has 0 aliphatic carbocycles. The Morgan fingerprint density at radius 1 is 1.00 bits per heavy atom. The van der Waals surface area contributed by atoms with Gasteiger partial charge in [-0.05, 0) is 36.8 Å². The van der Waals surface area contributed by atoms with Crippen molar-refractivity contribution in [1.82, 2.24) is 0 Å². The number of carbonyl (C=O) groups excluding carboxylic acids is 3. The van der Waals surface area contributed by atoms with Gasteiger partial charge >= 0.3 is 11.9 Å². The van der Waals surface area contributed by atoms with Gasteiger partial charge in [0.2, 0.25) is 0 Å². The van der Waals surface area contributed by atoms with E-state index in [4.69, 9.17) is 26.8 Å². The highest BCUT2D eigenvalue weighted by Crippen LogP contribution is 2.36. The predicted octanol–water partition coefficient (Wildman–Crippen LogP) is 4.62. The highest BCUT2D eigenvalue weighted by Gasteiger charge is 2.21. The molecule has 1 amide bonds. The number of anilines is 2. The van der Waals surface area contributed by atoms with Crippen molar-refractivity contribution >= 4 is 51.5 Å². The molecule has 0 bridgehead atoms. The summed E-state index contributed by atoms with van der Waals surface area (Å²) < 4.78 is 10.1. The number of esters is 2. The molecular weight excluding hydrogens is 440 g/mol. The second-order valence-electron chi connectivity index (χ2n) is 6.30. The summed E-state index contributed by atoms with van der Waals surface area (Å²) in [5.41, 5.74) is 7.13. The third-order valence-corrected chi connectivity index (χ3v) is 5.44. The first kappa shape index (κ1) is 22.3. The molecule has 2 aromatic carbocycles. The molecule has 1 heterocycles. The third kappa shape index (κ3) is 5.62.